The van der Waals surface area contributed by atoms with Crippen molar-refractivity contribution in [1.29, 1.82) is 0 Å². The summed E-state index contributed by atoms with van der Waals surface area (Å²) in [5.41, 5.74) is 5.65. The lowest BCUT2D eigenvalue weighted by Crippen LogP contribution is -2.53. The number of nitrogens with two attached hydrogens (primary N) is 1. The van der Waals surface area contributed by atoms with Gasteiger partial charge in [-0.25, -0.2) is 9.59 Å². The normalized spacial score (nSPS) is 27.1. The van der Waals surface area contributed by atoms with Gasteiger partial charge in [-0.15, -0.1) is 0 Å². The monoisotopic (exact) mass is 202 g/mol. The maximum absolute atomic E-state index is 11.2. The molecule has 0 aromatic carbocycles. The van der Waals surface area contributed by atoms with Crippen LogP contribution in [0, 0.1) is 0 Å². The Hall–Kier alpha value is -1.30. The minimum atomic E-state index is -1.10. The standard InChI is InChI=1S/C8H14N2O4/c1-14-7(11)6-4-5(9)2-3-10(6)8(12)13/h5-6H,2-4,9H2,1H3,(H,12,13). The molecule has 0 spiro atoms. The summed E-state index contributed by atoms with van der Waals surface area (Å²) in [7, 11) is 1.24. The van der Waals surface area contributed by atoms with E-state index in [1.165, 1.54) is 7.11 Å². The predicted molar refractivity (Wildman–Crippen MR) is 47.7 cm³/mol. The van der Waals surface area contributed by atoms with Crippen molar-refractivity contribution in [2.24, 2.45) is 5.73 Å². The van der Waals surface area contributed by atoms with Crippen molar-refractivity contribution in [2.45, 2.75) is 24.9 Å². The Balaban J connectivity index is 2.73. The smallest absolute Gasteiger partial charge is 0.408 e. The summed E-state index contributed by atoms with van der Waals surface area (Å²) >= 11 is 0. The molecule has 1 amide bonds. The summed E-state index contributed by atoms with van der Waals surface area (Å²) in [6.45, 7) is 0.288. The number of hydrogen-bond acceptors (Lipinski definition) is 4. The fraction of sp³-hybridized carbons (Fsp3) is 0.750. The average Bonchev–Trinajstić information content (AvgIpc) is 2.16. The maximum Gasteiger partial charge on any atom is 0.408 e. The molecule has 6 nitrogen and oxygen atoms in total. The lowest BCUT2D eigenvalue weighted by atomic mass is 9.98. The maximum atomic E-state index is 11.2. The third-order valence-corrected chi connectivity index (χ3v) is 2.36. The Morgan fingerprint density at radius 1 is 1.57 bits per heavy atom. The van der Waals surface area contributed by atoms with Gasteiger partial charge in [0.1, 0.15) is 6.04 Å². The number of carbonyl (C=O) groups is 2. The highest BCUT2D eigenvalue weighted by atomic mass is 16.5. The number of carboxylic acid groups (broad SMARTS) is 1. The molecule has 6 heteroatoms. The number of methoxy groups -OCH3 is 1. The number of amides is 1. The van der Waals surface area contributed by atoms with Crippen LogP contribution in [0.3, 0.4) is 0 Å². The summed E-state index contributed by atoms with van der Waals surface area (Å²) < 4.78 is 4.52. The van der Waals surface area contributed by atoms with Gasteiger partial charge >= 0.3 is 12.1 Å². The van der Waals surface area contributed by atoms with E-state index >= 15 is 0 Å². The molecule has 1 heterocycles. The van der Waals surface area contributed by atoms with E-state index < -0.39 is 18.1 Å². The van der Waals surface area contributed by atoms with E-state index in [-0.39, 0.29) is 12.6 Å². The first kappa shape index (κ1) is 10.8. The zero-order valence-electron chi connectivity index (χ0n) is 7.97. The van der Waals surface area contributed by atoms with Gasteiger partial charge in [-0.2, -0.15) is 0 Å². The second-order valence-corrected chi connectivity index (χ2v) is 3.30. The summed E-state index contributed by atoms with van der Waals surface area (Å²) in [5, 5.41) is 8.82. The Morgan fingerprint density at radius 2 is 2.21 bits per heavy atom. The highest BCUT2D eigenvalue weighted by Gasteiger charge is 2.35. The number of esters is 1. The third kappa shape index (κ3) is 2.14. The van der Waals surface area contributed by atoms with E-state index in [1.54, 1.807) is 0 Å². The highest BCUT2D eigenvalue weighted by molar-refractivity contribution is 5.81. The quantitative estimate of drug-likeness (QED) is 0.566. The number of ether oxygens (including phenoxy) is 1. The van der Waals surface area contributed by atoms with Crippen LogP contribution in [0.2, 0.25) is 0 Å². The molecule has 14 heavy (non-hydrogen) atoms. The molecule has 0 bridgehead atoms. The Bertz CT molecular complexity index is 243. The molecule has 1 fully saturated rings. The fourth-order valence-electron chi connectivity index (χ4n) is 1.58. The summed E-state index contributed by atoms with van der Waals surface area (Å²) in [6.07, 6.45) is -0.189. The van der Waals surface area contributed by atoms with E-state index in [2.05, 4.69) is 4.74 Å². The van der Waals surface area contributed by atoms with E-state index in [0.29, 0.717) is 12.8 Å². The molecule has 0 saturated carbocycles. The molecule has 2 unspecified atom stereocenters. The van der Waals surface area contributed by atoms with Gasteiger partial charge in [-0.05, 0) is 12.8 Å². The number of likely N-dealkylation sites (tertiary alicyclic amines) is 1. The number of hydrogen-bond donors (Lipinski definition) is 2. The van der Waals surface area contributed by atoms with E-state index in [9.17, 15) is 9.59 Å². The Labute approximate surface area is 81.6 Å². The van der Waals surface area contributed by atoms with Crippen LogP contribution in [0.15, 0.2) is 0 Å². The molecule has 1 aliphatic rings. The molecule has 0 aliphatic carbocycles. The Morgan fingerprint density at radius 3 is 2.71 bits per heavy atom. The first-order valence-electron chi connectivity index (χ1n) is 4.39. The van der Waals surface area contributed by atoms with Gasteiger partial charge in [-0.1, -0.05) is 0 Å². The van der Waals surface area contributed by atoms with Crippen LogP contribution >= 0.6 is 0 Å². The fourth-order valence-corrected chi connectivity index (χ4v) is 1.58. The van der Waals surface area contributed by atoms with Crippen LogP contribution in [-0.2, 0) is 9.53 Å². The molecule has 1 aliphatic heterocycles. The van der Waals surface area contributed by atoms with Crippen molar-refractivity contribution in [3.63, 3.8) is 0 Å². The van der Waals surface area contributed by atoms with Gasteiger partial charge in [0.15, 0.2) is 0 Å². The van der Waals surface area contributed by atoms with Crippen molar-refractivity contribution >= 4 is 12.1 Å². The average molecular weight is 202 g/mol. The second-order valence-electron chi connectivity index (χ2n) is 3.30. The second kappa shape index (κ2) is 4.28. The number of rotatable bonds is 1. The van der Waals surface area contributed by atoms with Gasteiger partial charge in [0.05, 0.1) is 7.11 Å². The van der Waals surface area contributed by atoms with Crippen LogP contribution in [0.5, 0.6) is 0 Å². The van der Waals surface area contributed by atoms with Gasteiger partial charge in [0, 0.05) is 12.6 Å². The molecule has 1 saturated heterocycles. The largest absolute Gasteiger partial charge is 0.467 e. The van der Waals surface area contributed by atoms with Gasteiger partial charge in [0.2, 0.25) is 0 Å². The van der Waals surface area contributed by atoms with Crippen molar-refractivity contribution < 1.29 is 19.4 Å². The van der Waals surface area contributed by atoms with Gasteiger partial charge in [0.25, 0.3) is 0 Å². The van der Waals surface area contributed by atoms with Crippen molar-refractivity contribution in [2.75, 3.05) is 13.7 Å². The number of piperidine rings is 1. The number of carbonyl (C=O) groups excluding carboxylic acids is 1. The van der Waals surface area contributed by atoms with Crippen LogP contribution in [0.25, 0.3) is 0 Å². The minimum absolute atomic E-state index is 0.130. The van der Waals surface area contributed by atoms with E-state index in [0.717, 1.165) is 4.90 Å². The molecular weight excluding hydrogens is 188 g/mol. The molecule has 0 aromatic heterocycles. The van der Waals surface area contributed by atoms with E-state index in [4.69, 9.17) is 10.8 Å². The molecule has 1 rings (SSSR count). The van der Waals surface area contributed by atoms with Crippen molar-refractivity contribution in [3.8, 4) is 0 Å². The van der Waals surface area contributed by atoms with Crippen LogP contribution in [-0.4, -0.2) is 47.8 Å². The van der Waals surface area contributed by atoms with Crippen LogP contribution in [0.4, 0.5) is 4.79 Å². The third-order valence-electron chi connectivity index (χ3n) is 2.36. The molecule has 3 N–H and O–H groups in total. The van der Waals surface area contributed by atoms with Crippen molar-refractivity contribution in [3.05, 3.63) is 0 Å². The zero-order valence-corrected chi connectivity index (χ0v) is 7.97. The first-order chi connectivity index (χ1) is 6.56. The van der Waals surface area contributed by atoms with E-state index in [1.807, 2.05) is 0 Å². The topological polar surface area (TPSA) is 92.9 Å². The lowest BCUT2D eigenvalue weighted by Gasteiger charge is -2.34. The summed E-state index contributed by atoms with van der Waals surface area (Å²) in [6, 6.07) is -0.879. The summed E-state index contributed by atoms with van der Waals surface area (Å²) in [4.78, 5) is 23.1. The summed E-state index contributed by atoms with van der Waals surface area (Å²) in [5.74, 6) is -0.539. The highest BCUT2D eigenvalue weighted by Crippen LogP contribution is 2.17. The predicted octanol–water partition coefficient (Wildman–Crippen LogP) is -0.371. The Kier molecular flexibility index (Phi) is 3.29. The molecule has 0 radical (unpaired) electrons. The first-order valence-corrected chi connectivity index (χ1v) is 4.39. The van der Waals surface area contributed by atoms with Gasteiger partial charge in [-0.3, -0.25) is 4.90 Å². The van der Waals surface area contributed by atoms with Crippen LogP contribution < -0.4 is 5.73 Å². The van der Waals surface area contributed by atoms with Crippen molar-refractivity contribution in [1.82, 2.24) is 4.90 Å². The molecule has 80 valence electrons. The molecular formula is C8H14N2O4. The minimum Gasteiger partial charge on any atom is -0.467 e. The SMILES string of the molecule is COC(=O)C1CC(N)CCN1C(=O)O. The molecule has 2 atom stereocenters. The van der Waals surface area contributed by atoms with Crippen LogP contribution in [0.1, 0.15) is 12.8 Å². The zero-order chi connectivity index (χ0) is 10.7. The van der Waals surface area contributed by atoms with Gasteiger partial charge < -0.3 is 15.6 Å². The lowest BCUT2D eigenvalue weighted by molar-refractivity contribution is -0.147. The molecule has 0 aromatic rings. The number of nitrogens with zero attached hydrogens (tertiary/aromatic N) is 1.